The van der Waals surface area contributed by atoms with Crippen molar-refractivity contribution in [2.75, 3.05) is 11.9 Å². The molecule has 1 aromatic carbocycles. The van der Waals surface area contributed by atoms with E-state index in [2.05, 4.69) is 22.5 Å². The average molecular weight is 299 g/mol. The normalized spacial score (nSPS) is 9.33. The summed E-state index contributed by atoms with van der Waals surface area (Å²) in [5.74, 6) is 5.24. The first kappa shape index (κ1) is 14.6. The summed E-state index contributed by atoms with van der Waals surface area (Å²) in [7, 11) is 0. The number of carbonyl (C=O) groups excluding carboxylic acids is 2. The molecule has 0 saturated carbocycles. The Morgan fingerprint density at radius 3 is 2.57 bits per heavy atom. The zero-order valence-electron chi connectivity index (χ0n) is 11.1. The Balaban J connectivity index is 1.80. The largest absolute Gasteiger partial charge is 0.366 e. The van der Waals surface area contributed by atoms with E-state index in [4.69, 9.17) is 5.73 Å². The van der Waals surface area contributed by atoms with Crippen LogP contribution >= 0.6 is 11.3 Å². The molecule has 4 N–H and O–H groups in total. The number of carbonyl (C=O) groups is 2. The minimum Gasteiger partial charge on any atom is -0.366 e. The van der Waals surface area contributed by atoms with E-state index >= 15 is 0 Å². The van der Waals surface area contributed by atoms with Gasteiger partial charge in [-0.25, -0.2) is 4.79 Å². The van der Waals surface area contributed by atoms with Crippen LogP contribution in [0.5, 0.6) is 0 Å². The maximum absolute atomic E-state index is 11.5. The highest BCUT2D eigenvalue weighted by molar-refractivity contribution is 7.14. The highest BCUT2D eigenvalue weighted by atomic mass is 32.1. The number of benzene rings is 1. The summed E-state index contributed by atoms with van der Waals surface area (Å²) in [4.78, 5) is 22.4. The molecule has 2 rings (SSSR count). The molecule has 3 amide bonds. The van der Waals surface area contributed by atoms with Crippen LogP contribution < -0.4 is 16.4 Å². The van der Waals surface area contributed by atoms with Gasteiger partial charge < -0.3 is 11.1 Å². The van der Waals surface area contributed by atoms with Gasteiger partial charge in [-0.15, -0.1) is 11.3 Å². The molecule has 0 fully saturated rings. The Bertz CT molecular complexity index is 682. The van der Waals surface area contributed by atoms with Crippen LogP contribution in [-0.4, -0.2) is 18.5 Å². The molecule has 0 radical (unpaired) electrons. The fourth-order valence-electron chi connectivity index (χ4n) is 1.49. The Morgan fingerprint density at radius 1 is 1.19 bits per heavy atom. The third kappa shape index (κ3) is 4.67. The molecule has 0 unspecified atom stereocenters. The van der Waals surface area contributed by atoms with E-state index < -0.39 is 5.91 Å². The molecule has 0 aliphatic rings. The zero-order chi connectivity index (χ0) is 15.1. The van der Waals surface area contributed by atoms with E-state index in [-0.39, 0.29) is 12.6 Å². The summed E-state index contributed by atoms with van der Waals surface area (Å²) in [6.07, 6.45) is 0. The first-order valence-electron chi connectivity index (χ1n) is 6.12. The van der Waals surface area contributed by atoms with Gasteiger partial charge in [-0.05, 0) is 41.8 Å². The van der Waals surface area contributed by atoms with Gasteiger partial charge in [0.1, 0.15) is 0 Å². The summed E-state index contributed by atoms with van der Waals surface area (Å²) in [6.45, 7) is 0.231. The molecule has 0 spiro atoms. The van der Waals surface area contributed by atoms with E-state index in [0.717, 1.165) is 10.6 Å². The summed E-state index contributed by atoms with van der Waals surface area (Å²) in [5, 5.41) is 7.98. The number of hydrogen-bond donors (Lipinski definition) is 3. The van der Waals surface area contributed by atoms with Crippen LogP contribution in [0.3, 0.4) is 0 Å². The summed E-state index contributed by atoms with van der Waals surface area (Å²) >= 11 is 1.45. The van der Waals surface area contributed by atoms with Gasteiger partial charge in [0.2, 0.25) is 5.91 Å². The Kier molecular flexibility index (Phi) is 4.96. The second kappa shape index (κ2) is 7.12. The third-order valence-electron chi connectivity index (χ3n) is 2.50. The topological polar surface area (TPSA) is 84.2 Å². The Hall–Kier alpha value is -2.78. The lowest BCUT2D eigenvalue weighted by Gasteiger charge is -2.01. The number of nitrogens with one attached hydrogen (secondary N) is 2. The number of nitrogens with two attached hydrogens (primary N) is 1. The number of anilines is 1. The van der Waals surface area contributed by atoms with Crippen LogP contribution in [0.4, 0.5) is 9.80 Å². The second-order valence-corrected chi connectivity index (χ2v) is 4.98. The standard InChI is InChI=1S/C15H13N3O2S/c16-14(19)12-7-5-11(6-8-12)3-1-9-17-15(20)18-13-4-2-10-21-13/h2,4-8,10H,9H2,(H2,16,19)(H2,17,18,20). The number of amides is 3. The molecule has 1 heterocycles. The number of hydrogen-bond acceptors (Lipinski definition) is 3. The highest BCUT2D eigenvalue weighted by Gasteiger charge is 2.00. The minimum absolute atomic E-state index is 0.231. The zero-order valence-corrected chi connectivity index (χ0v) is 11.9. The van der Waals surface area contributed by atoms with Gasteiger partial charge in [0.15, 0.2) is 0 Å². The Morgan fingerprint density at radius 2 is 1.95 bits per heavy atom. The quantitative estimate of drug-likeness (QED) is 0.758. The van der Waals surface area contributed by atoms with Crippen LogP contribution in [0.2, 0.25) is 0 Å². The lowest BCUT2D eigenvalue weighted by Crippen LogP contribution is -2.28. The number of rotatable bonds is 3. The molecule has 0 saturated heterocycles. The van der Waals surface area contributed by atoms with Crippen LogP contribution in [0.15, 0.2) is 41.8 Å². The van der Waals surface area contributed by atoms with Crippen LogP contribution in [0.25, 0.3) is 0 Å². The van der Waals surface area contributed by atoms with Crippen LogP contribution in [0, 0.1) is 11.8 Å². The average Bonchev–Trinajstić information content (AvgIpc) is 2.97. The lowest BCUT2D eigenvalue weighted by molar-refractivity contribution is 0.100. The number of primary amides is 1. The predicted octanol–water partition coefficient (Wildman–Crippen LogP) is 2.02. The van der Waals surface area contributed by atoms with Crippen molar-refractivity contribution in [3.63, 3.8) is 0 Å². The fraction of sp³-hybridized carbons (Fsp3) is 0.0667. The van der Waals surface area contributed by atoms with Gasteiger partial charge in [-0.2, -0.15) is 0 Å². The van der Waals surface area contributed by atoms with Crippen molar-refractivity contribution in [1.82, 2.24) is 5.32 Å². The van der Waals surface area contributed by atoms with Crippen molar-refractivity contribution in [2.24, 2.45) is 5.73 Å². The van der Waals surface area contributed by atoms with Crippen molar-refractivity contribution in [3.8, 4) is 11.8 Å². The smallest absolute Gasteiger partial charge is 0.320 e. The highest BCUT2D eigenvalue weighted by Crippen LogP contribution is 2.14. The predicted molar refractivity (Wildman–Crippen MR) is 83.2 cm³/mol. The summed E-state index contributed by atoms with van der Waals surface area (Å²) in [5.41, 5.74) is 6.34. The lowest BCUT2D eigenvalue weighted by atomic mass is 10.1. The molecular weight excluding hydrogens is 286 g/mol. The van der Waals surface area contributed by atoms with Gasteiger partial charge >= 0.3 is 6.03 Å². The molecule has 1 aromatic heterocycles. The molecule has 106 valence electrons. The SMILES string of the molecule is NC(=O)c1ccc(C#CCNC(=O)Nc2cccs2)cc1. The molecule has 2 aromatic rings. The monoisotopic (exact) mass is 299 g/mol. The van der Waals surface area contributed by atoms with Crippen molar-refractivity contribution in [3.05, 3.63) is 52.9 Å². The Labute approximate surface area is 126 Å². The van der Waals surface area contributed by atoms with Crippen molar-refractivity contribution in [1.29, 1.82) is 0 Å². The maximum Gasteiger partial charge on any atom is 0.320 e. The van der Waals surface area contributed by atoms with E-state index in [9.17, 15) is 9.59 Å². The van der Waals surface area contributed by atoms with Gasteiger partial charge in [0, 0.05) is 11.1 Å². The third-order valence-corrected chi connectivity index (χ3v) is 3.28. The van der Waals surface area contributed by atoms with Crippen LogP contribution in [-0.2, 0) is 0 Å². The first-order chi connectivity index (χ1) is 10.1. The van der Waals surface area contributed by atoms with Crippen molar-refractivity contribution < 1.29 is 9.59 Å². The molecule has 5 nitrogen and oxygen atoms in total. The van der Waals surface area contributed by atoms with Gasteiger partial charge in [-0.1, -0.05) is 11.8 Å². The molecule has 21 heavy (non-hydrogen) atoms. The van der Waals surface area contributed by atoms with E-state index in [0.29, 0.717) is 5.56 Å². The fourth-order valence-corrected chi connectivity index (χ4v) is 2.11. The van der Waals surface area contributed by atoms with E-state index in [1.165, 1.54) is 11.3 Å². The molecule has 0 atom stereocenters. The van der Waals surface area contributed by atoms with E-state index in [1.54, 1.807) is 24.3 Å². The molecule has 6 heteroatoms. The summed E-state index contributed by atoms with van der Waals surface area (Å²) < 4.78 is 0. The van der Waals surface area contributed by atoms with Gasteiger partial charge in [0.05, 0.1) is 11.5 Å². The maximum atomic E-state index is 11.5. The van der Waals surface area contributed by atoms with Crippen molar-refractivity contribution in [2.45, 2.75) is 0 Å². The van der Waals surface area contributed by atoms with Crippen LogP contribution in [0.1, 0.15) is 15.9 Å². The minimum atomic E-state index is -0.471. The second-order valence-electron chi connectivity index (χ2n) is 4.03. The van der Waals surface area contributed by atoms with Gasteiger partial charge in [0.25, 0.3) is 0 Å². The summed E-state index contributed by atoms with van der Waals surface area (Å²) in [6, 6.07) is 10.0. The molecule has 0 bridgehead atoms. The van der Waals surface area contributed by atoms with E-state index in [1.807, 2.05) is 17.5 Å². The number of thiophene rings is 1. The van der Waals surface area contributed by atoms with Crippen molar-refractivity contribution >= 4 is 28.3 Å². The molecule has 0 aliphatic carbocycles. The first-order valence-corrected chi connectivity index (χ1v) is 7.00. The molecular formula is C15H13N3O2S. The molecule has 0 aliphatic heterocycles. The number of urea groups is 1. The van der Waals surface area contributed by atoms with Gasteiger partial charge in [-0.3, -0.25) is 10.1 Å².